The second-order valence-corrected chi connectivity index (χ2v) is 5.57. The van der Waals surface area contributed by atoms with Gasteiger partial charge in [-0.2, -0.15) is 0 Å². The van der Waals surface area contributed by atoms with Crippen molar-refractivity contribution < 1.29 is 17.9 Å². The van der Waals surface area contributed by atoms with Crippen molar-refractivity contribution in [2.45, 2.75) is 6.42 Å². The highest BCUT2D eigenvalue weighted by Crippen LogP contribution is 2.25. The summed E-state index contributed by atoms with van der Waals surface area (Å²) in [7, 11) is -0.364. The number of methoxy groups -OCH3 is 2. The molecule has 18 heavy (non-hydrogen) atoms. The lowest BCUT2D eigenvalue weighted by molar-refractivity contribution is 0.199. The summed E-state index contributed by atoms with van der Waals surface area (Å²) in [4.78, 5) is 0. The van der Waals surface area contributed by atoms with Crippen molar-refractivity contribution in [1.29, 1.82) is 0 Å². The van der Waals surface area contributed by atoms with E-state index in [0.29, 0.717) is 30.2 Å². The Labute approximate surface area is 107 Å². The van der Waals surface area contributed by atoms with Crippen LogP contribution < -0.4 is 15.2 Å². The maximum atomic E-state index is 11.7. The predicted molar refractivity (Wildman–Crippen MR) is 71.3 cm³/mol. The van der Waals surface area contributed by atoms with Crippen LogP contribution >= 0.6 is 0 Å². The first kappa shape index (κ1) is 14.6. The molecule has 0 aliphatic carbocycles. The summed E-state index contributed by atoms with van der Waals surface area (Å²) in [5.41, 5.74) is 6.53. The van der Waals surface area contributed by atoms with E-state index in [1.54, 1.807) is 18.2 Å². The molecule has 0 fully saturated rings. The van der Waals surface area contributed by atoms with Crippen LogP contribution in [0.25, 0.3) is 0 Å². The quantitative estimate of drug-likeness (QED) is 0.573. The van der Waals surface area contributed by atoms with Crippen molar-refractivity contribution in [1.82, 2.24) is 0 Å². The molecule has 0 bridgehead atoms. The van der Waals surface area contributed by atoms with Gasteiger partial charge in [0, 0.05) is 19.8 Å². The molecule has 1 aromatic rings. The van der Waals surface area contributed by atoms with Crippen LogP contribution in [0.5, 0.6) is 5.75 Å². The van der Waals surface area contributed by atoms with Crippen LogP contribution in [0.3, 0.4) is 0 Å². The molecule has 0 radical (unpaired) electrons. The van der Waals surface area contributed by atoms with Gasteiger partial charge in [0.15, 0.2) is 0 Å². The summed E-state index contributed by atoms with van der Waals surface area (Å²) in [5.74, 6) is 0.445. The highest BCUT2D eigenvalue weighted by molar-refractivity contribution is 7.92. The van der Waals surface area contributed by atoms with Crippen molar-refractivity contribution in [3.63, 3.8) is 0 Å². The highest BCUT2D eigenvalue weighted by atomic mass is 32.2. The van der Waals surface area contributed by atoms with E-state index >= 15 is 0 Å². The molecular weight excluding hydrogens is 256 g/mol. The standard InChI is InChI=1S/C11H18N2O4S/c1-16-6-3-7-18(14,15)13-9-4-5-10(12)11(8-9)17-2/h4-5,8,13H,3,6-7,12H2,1-2H3. The van der Waals surface area contributed by atoms with Gasteiger partial charge < -0.3 is 15.2 Å². The van der Waals surface area contributed by atoms with Gasteiger partial charge in [-0.15, -0.1) is 0 Å². The zero-order valence-corrected chi connectivity index (χ0v) is 11.3. The van der Waals surface area contributed by atoms with E-state index in [1.165, 1.54) is 14.2 Å². The van der Waals surface area contributed by atoms with Gasteiger partial charge >= 0.3 is 0 Å². The second kappa shape index (κ2) is 6.46. The van der Waals surface area contributed by atoms with Crippen LogP contribution in [-0.4, -0.2) is 35.0 Å². The molecule has 0 atom stereocenters. The molecule has 0 aromatic heterocycles. The minimum absolute atomic E-state index is 0.00747. The third-order valence-corrected chi connectivity index (χ3v) is 3.64. The van der Waals surface area contributed by atoms with Gasteiger partial charge in [0.25, 0.3) is 0 Å². The molecule has 1 aromatic carbocycles. The average molecular weight is 274 g/mol. The molecule has 0 aliphatic heterocycles. The Morgan fingerprint density at radius 3 is 2.67 bits per heavy atom. The summed E-state index contributed by atoms with van der Waals surface area (Å²) in [6, 6.07) is 4.72. The van der Waals surface area contributed by atoms with Crippen molar-refractivity contribution >= 4 is 21.4 Å². The smallest absolute Gasteiger partial charge is 0.232 e. The SMILES string of the molecule is COCCCS(=O)(=O)Nc1ccc(N)c(OC)c1. The Kier molecular flexibility index (Phi) is 5.24. The molecular formula is C11H18N2O4S. The fraction of sp³-hybridized carbons (Fsp3) is 0.455. The first-order valence-corrected chi connectivity index (χ1v) is 7.06. The maximum Gasteiger partial charge on any atom is 0.232 e. The van der Waals surface area contributed by atoms with Gasteiger partial charge in [0.1, 0.15) is 5.75 Å². The van der Waals surface area contributed by atoms with E-state index < -0.39 is 10.0 Å². The van der Waals surface area contributed by atoms with E-state index in [-0.39, 0.29) is 5.75 Å². The highest BCUT2D eigenvalue weighted by Gasteiger charge is 2.11. The first-order chi connectivity index (χ1) is 8.48. The Bertz CT molecular complexity index is 488. The number of nitrogen functional groups attached to an aromatic ring is 1. The van der Waals surface area contributed by atoms with E-state index in [9.17, 15) is 8.42 Å². The molecule has 0 amide bonds. The van der Waals surface area contributed by atoms with Crippen LogP contribution in [0.1, 0.15) is 6.42 Å². The third kappa shape index (κ3) is 4.42. The molecule has 6 nitrogen and oxygen atoms in total. The Hall–Kier alpha value is -1.47. The molecule has 3 N–H and O–H groups in total. The molecule has 0 unspecified atom stereocenters. The topological polar surface area (TPSA) is 90.7 Å². The van der Waals surface area contributed by atoms with Gasteiger partial charge in [-0.3, -0.25) is 4.72 Å². The number of hydrogen-bond acceptors (Lipinski definition) is 5. The van der Waals surface area contributed by atoms with Crippen LogP contribution in [0.15, 0.2) is 18.2 Å². The molecule has 0 heterocycles. The summed E-state index contributed by atoms with van der Waals surface area (Å²) < 4.78 is 35.7. The van der Waals surface area contributed by atoms with E-state index in [1.807, 2.05) is 0 Å². The molecule has 102 valence electrons. The summed E-state index contributed by atoms with van der Waals surface area (Å²) >= 11 is 0. The van der Waals surface area contributed by atoms with Crippen molar-refractivity contribution in [2.24, 2.45) is 0 Å². The van der Waals surface area contributed by atoms with Crippen LogP contribution in [0.2, 0.25) is 0 Å². The molecule has 0 aliphatic rings. The number of rotatable bonds is 7. The van der Waals surface area contributed by atoms with Crippen LogP contribution in [-0.2, 0) is 14.8 Å². The van der Waals surface area contributed by atoms with E-state index in [4.69, 9.17) is 15.2 Å². The molecule has 0 saturated carbocycles. The van der Waals surface area contributed by atoms with E-state index in [2.05, 4.69) is 4.72 Å². The molecule has 1 rings (SSSR count). The average Bonchev–Trinajstić information content (AvgIpc) is 2.31. The number of benzene rings is 1. The van der Waals surface area contributed by atoms with Gasteiger partial charge in [0.05, 0.1) is 24.2 Å². The second-order valence-electron chi connectivity index (χ2n) is 3.72. The normalized spacial score (nSPS) is 11.2. The monoisotopic (exact) mass is 274 g/mol. The van der Waals surface area contributed by atoms with Crippen LogP contribution in [0.4, 0.5) is 11.4 Å². The van der Waals surface area contributed by atoms with Crippen LogP contribution in [0, 0.1) is 0 Å². The predicted octanol–water partition coefficient (Wildman–Crippen LogP) is 1.06. The Morgan fingerprint density at radius 2 is 2.06 bits per heavy atom. The van der Waals surface area contributed by atoms with Crippen molar-refractivity contribution in [3.05, 3.63) is 18.2 Å². The molecule has 0 saturated heterocycles. The minimum Gasteiger partial charge on any atom is -0.495 e. The number of nitrogens with one attached hydrogen (secondary N) is 1. The molecule has 7 heteroatoms. The van der Waals surface area contributed by atoms with Gasteiger partial charge in [-0.25, -0.2) is 8.42 Å². The van der Waals surface area contributed by atoms with Gasteiger partial charge in [-0.05, 0) is 18.6 Å². The van der Waals surface area contributed by atoms with Crippen molar-refractivity contribution in [2.75, 3.05) is 37.0 Å². The number of ether oxygens (including phenoxy) is 2. The first-order valence-electron chi connectivity index (χ1n) is 5.41. The summed E-state index contributed by atoms with van der Waals surface area (Å²) in [6.45, 7) is 0.409. The number of nitrogens with two attached hydrogens (primary N) is 1. The van der Waals surface area contributed by atoms with Gasteiger partial charge in [-0.1, -0.05) is 0 Å². The lowest BCUT2D eigenvalue weighted by Crippen LogP contribution is -2.17. The fourth-order valence-electron chi connectivity index (χ4n) is 1.40. The Balaban J connectivity index is 2.72. The number of anilines is 2. The summed E-state index contributed by atoms with van der Waals surface area (Å²) in [6.07, 6.45) is 0.442. The Morgan fingerprint density at radius 1 is 1.33 bits per heavy atom. The maximum absolute atomic E-state index is 11.7. The number of sulfonamides is 1. The zero-order valence-electron chi connectivity index (χ0n) is 10.5. The largest absolute Gasteiger partial charge is 0.495 e. The minimum atomic E-state index is -3.37. The lowest BCUT2D eigenvalue weighted by Gasteiger charge is -2.10. The third-order valence-electron chi connectivity index (χ3n) is 2.27. The fourth-order valence-corrected chi connectivity index (χ4v) is 2.48. The molecule has 0 spiro atoms. The van der Waals surface area contributed by atoms with Gasteiger partial charge in [0.2, 0.25) is 10.0 Å². The lowest BCUT2D eigenvalue weighted by atomic mass is 10.3. The van der Waals surface area contributed by atoms with Crippen molar-refractivity contribution in [3.8, 4) is 5.75 Å². The summed E-state index contributed by atoms with van der Waals surface area (Å²) in [5, 5.41) is 0. The number of hydrogen-bond donors (Lipinski definition) is 2. The zero-order chi connectivity index (χ0) is 13.6. The van der Waals surface area contributed by atoms with E-state index in [0.717, 1.165) is 0 Å².